The molecule has 0 saturated heterocycles. The summed E-state index contributed by atoms with van der Waals surface area (Å²) in [6.45, 7) is 0. The van der Waals surface area contributed by atoms with E-state index < -0.39 is 34.7 Å². The topological polar surface area (TPSA) is 110 Å². The minimum atomic E-state index is -0.919. The van der Waals surface area contributed by atoms with Crippen LogP contribution in [0.3, 0.4) is 0 Å². The fraction of sp³-hybridized carbons (Fsp3) is 0. The molecule has 0 aliphatic rings. The zero-order valence-electron chi connectivity index (χ0n) is 10.3. The Kier molecular flexibility index (Phi) is 3.77. The van der Waals surface area contributed by atoms with E-state index in [4.69, 9.17) is 11.6 Å². The molecule has 8 heteroatoms. The van der Waals surface area contributed by atoms with Crippen LogP contribution in [0.1, 0.15) is 10.4 Å². The summed E-state index contributed by atoms with van der Waals surface area (Å²) in [6.07, 6.45) is 0. The number of carbonyl (C=O) groups excluding carboxylic acids is 1. The quantitative estimate of drug-likeness (QED) is 0.432. The Morgan fingerprint density at radius 1 is 1.00 bits per heavy atom. The average molecular weight is 314 g/mol. The standard InChI is InChI=1S/C13H9ClFNO5/c14-6-3-8(7(15)4-9(6)17)16-13(21)5-1-10(18)12(20)11(19)2-5/h1-4,17-20H,(H,16,21). The van der Waals surface area contributed by atoms with E-state index in [0.29, 0.717) is 0 Å². The van der Waals surface area contributed by atoms with Gasteiger partial charge in [0.25, 0.3) is 5.91 Å². The van der Waals surface area contributed by atoms with Crippen LogP contribution in [0.25, 0.3) is 0 Å². The van der Waals surface area contributed by atoms with Gasteiger partial charge in [0.1, 0.15) is 5.75 Å². The first-order valence-electron chi connectivity index (χ1n) is 5.54. The molecule has 0 aliphatic heterocycles. The van der Waals surface area contributed by atoms with Gasteiger partial charge in [-0.25, -0.2) is 4.39 Å². The summed E-state index contributed by atoms with van der Waals surface area (Å²) in [5.74, 6) is -4.44. The minimum absolute atomic E-state index is 0.164. The normalized spacial score (nSPS) is 10.4. The molecule has 0 heterocycles. The lowest BCUT2D eigenvalue weighted by Gasteiger charge is -2.09. The largest absolute Gasteiger partial charge is 0.506 e. The minimum Gasteiger partial charge on any atom is -0.506 e. The molecule has 0 fully saturated rings. The maximum Gasteiger partial charge on any atom is 0.256 e. The highest BCUT2D eigenvalue weighted by Gasteiger charge is 2.16. The number of anilines is 1. The van der Waals surface area contributed by atoms with Crippen molar-refractivity contribution in [1.29, 1.82) is 0 Å². The summed E-state index contributed by atoms with van der Waals surface area (Å²) in [5, 5.41) is 39.0. The number of phenolic OH excluding ortho intramolecular Hbond substituents is 4. The lowest BCUT2D eigenvalue weighted by atomic mass is 10.1. The van der Waals surface area contributed by atoms with E-state index in [-0.39, 0.29) is 16.3 Å². The van der Waals surface area contributed by atoms with Gasteiger partial charge in [0.2, 0.25) is 0 Å². The Hall–Kier alpha value is -2.67. The van der Waals surface area contributed by atoms with Gasteiger partial charge in [-0.3, -0.25) is 4.79 Å². The fourth-order valence-corrected chi connectivity index (χ4v) is 1.73. The van der Waals surface area contributed by atoms with Crippen molar-refractivity contribution in [2.75, 3.05) is 5.32 Å². The van der Waals surface area contributed by atoms with Gasteiger partial charge < -0.3 is 25.7 Å². The molecule has 5 N–H and O–H groups in total. The van der Waals surface area contributed by atoms with E-state index >= 15 is 0 Å². The van der Waals surface area contributed by atoms with Gasteiger partial charge in [0, 0.05) is 11.6 Å². The lowest BCUT2D eigenvalue weighted by Crippen LogP contribution is -2.13. The van der Waals surface area contributed by atoms with Gasteiger partial charge in [-0.2, -0.15) is 0 Å². The molecule has 0 atom stereocenters. The summed E-state index contributed by atoms with van der Waals surface area (Å²) in [4.78, 5) is 11.9. The Morgan fingerprint density at radius 3 is 2.14 bits per heavy atom. The number of hydrogen-bond acceptors (Lipinski definition) is 5. The molecule has 0 aliphatic carbocycles. The third kappa shape index (κ3) is 2.92. The second kappa shape index (κ2) is 5.37. The molecular weight excluding hydrogens is 305 g/mol. The number of halogens is 2. The number of hydrogen-bond donors (Lipinski definition) is 5. The molecule has 0 radical (unpaired) electrons. The molecule has 2 rings (SSSR count). The van der Waals surface area contributed by atoms with Crippen LogP contribution in [-0.2, 0) is 0 Å². The number of amides is 1. The van der Waals surface area contributed by atoms with Crippen molar-refractivity contribution in [3.8, 4) is 23.0 Å². The Balaban J connectivity index is 2.32. The molecule has 110 valence electrons. The summed E-state index contributed by atoms with van der Waals surface area (Å²) in [6, 6.07) is 3.52. The van der Waals surface area contributed by atoms with Crippen molar-refractivity contribution in [2.45, 2.75) is 0 Å². The first-order chi connectivity index (χ1) is 9.79. The SMILES string of the molecule is O=C(Nc1cc(Cl)c(O)cc1F)c1cc(O)c(O)c(O)c1. The van der Waals surface area contributed by atoms with Crippen molar-refractivity contribution in [3.63, 3.8) is 0 Å². The molecule has 0 unspecified atom stereocenters. The number of rotatable bonds is 2. The fourth-order valence-electron chi connectivity index (χ4n) is 1.56. The highest BCUT2D eigenvalue weighted by Crippen LogP contribution is 2.36. The summed E-state index contributed by atoms with van der Waals surface area (Å²) in [7, 11) is 0. The Bertz CT molecular complexity index is 712. The predicted molar refractivity (Wildman–Crippen MR) is 72.5 cm³/mol. The number of nitrogens with one attached hydrogen (secondary N) is 1. The second-order valence-electron chi connectivity index (χ2n) is 4.10. The highest BCUT2D eigenvalue weighted by molar-refractivity contribution is 6.32. The Morgan fingerprint density at radius 2 is 1.57 bits per heavy atom. The highest BCUT2D eigenvalue weighted by atomic mass is 35.5. The van der Waals surface area contributed by atoms with Gasteiger partial charge in [-0.05, 0) is 18.2 Å². The van der Waals surface area contributed by atoms with E-state index in [1.165, 1.54) is 0 Å². The van der Waals surface area contributed by atoms with Crippen LogP contribution in [0.15, 0.2) is 24.3 Å². The van der Waals surface area contributed by atoms with E-state index in [1.54, 1.807) is 0 Å². The monoisotopic (exact) mass is 313 g/mol. The van der Waals surface area contributed by atoms with Crippen LogP contribution in [0.2, 0.25) is 5.02 Å². The maximum absolute atomic E-state index is 13.6. The molecule has 21 heavy (non-hydrogen) atoms. The molecule has 0 saturated carbocycles. The van der Waals surface area contributed by atoms with Gasteiger partial charge >= 0.3 is 0 Å². The summed E-state index contributed by atoms with van der Waals surface area (Å²) >= 11 is 5.61. The van der Waals surface area contributed by atoms with Crippen LogP contribution in [-0.4, -0.2) is 26.3 Å². The van der Waals surface area contributed by atoms with Crippen LogP contribution >= 0.6 is 11.6 Å². The molecule has 0 spiro atoms. The molecular formula is C13H9ClFNO5. The summed E-state index contributed by atoms with van der Waals surface area (Å²) < 4.78 is 13.6. The number of phenols is 4. The van der Waals surface area contributed by atoms with E-state index in [2.05, 4.69) is 5.32 Å². The number of benzene rings is 2. The van der Waals surface area contributed by atoms with Crippen molar-refractivity contribution in [3.05, 3.63) is 40.7 Å². The predicted octanol–water partition coefficient (Wildman–Crippen LogP) is 2.55. The van der Waals surface area contributed by atoms with Gasteiger partial charge in [-0.15, -0.1) is 0 Å². The first kappa shape index (κ1) is 14.7. The first-order valence-corrected chi connectivity index (χ1v) is 5.91. The van der Waals surface area contributed by atoms with Crippen LogP contribution in [0.4, 0.5) is 10.1 Å². The molecule has 2 aromatic carbocycles. The van der Waals surface area contributed by atoms with Crippen molar-refractivity contribution in [1.82, 2.24) is 0 Å². The van der Waals surface area contributed by atoms with E-state index in [0.717, 1.165) is 24.3 Å². The lowest BCUT2D eigenvalue weighted by molar-refractivity contribution is 0.102. The van der Waals surface area contributed by atoms with Crippen LogP contribution in [0.5, 0.6) is 23.0 Å². The smallest absolute Gasteiger partial charge is 0.256 e. The Labute approximate surface area is 122 Å². The van der Waals surface area contributed by atoms with Crippen molar-refractivity contribution >= 4 is 23.2 Å². The van der Waals surface area contributed by atoms with E-state index in [1.807, 2.05) is 0 Å². The molecule has 1 amide bonds. The third-order valence-corrected chi connectivity index (χ3v) is 2.92. The molecule has 2 aromatic rings. The third-order valence-electron chi connectivity index (χ3n) is 2.62. The van der Waals surface area contributed by atoms with Crippen molar-refractivity contribution in [2.24, 2.45) is 0 Å². The maximum atomic E-state index is 13.6. The van der Waals surface area contributed by atoms with Crippen LogP contribution in [0, 0.1) is 5.82 Å². The zero-order valence-corrected chi connectivity index (χ0v) is 11.0. The molecule has 0 aromatic heterocycles. The zero-order chi connectivity index (χ0) is 15.7. The van der Waals surface area contributed by atoms with E-state index in [9.17, 15) is 29.6 Å². The van der Waals surface area contributed by atoms with Crippen molar-refractivity contribution < 1.29 is 29.6 Å². The second-order valence-corrected chi connectivity index (χ2v) is 4.51. The van der Waals surface area contributed by atoms with Crippen LogP contribution < -0.4 is 5.32 Å². The summed E-state index contributed by atoms with van der Waals surface area (Å²) in [5.41, 5.74) is -0.513. The van der Waals surface area contributed by atoms with Gasteiger partial charge in [-0.1, -0.05) is 11.6 Å². The average Bonchev–Trinajstić information content (AvgIpc) is 2.41. The van der Waals surface area contributed by atoms with Gasteiger partial charge in [0.15, 0.2) is 23.1 Å². The molecule has 0 bridgehead atoms. The molecule has 6 nitrogen and oxygen atoms in total. The van der Waals surface area contributed by atoms with Gasteiger partial charge in [0.05, 0.1) is 10.7 Å². The number of aromatic hydroxyl groups is 4. The number of carbonyl (C=O) groups is 1.